The van der Waals surface area contributed by atoms with Gasteiger partial charge in [0.05, 0.1) is 0 Å². The first-order valence-electron chi connectivity index (χ1n) is 5.17. The summed E-state index contributed by atoms with van der Waals surface area (Å²) in [7, 11) is -1.87. The molecule has 1 aromatic rings. The van der Waals surface area contributed by atoms with Crippen LogP contribution < -0.4 is 10.9 Å². The Morgan fingerprint density at radius 2 is 1.93 bits per heavy atom. The third kappa shape index (κ3) is 2.84. The van der Waals surface area contributed by atoms with Gasteiger partial charge in [0.15, 0.2) is 7.38 Å². The van der Waals surface area contributed by atoms with Gasteiger partial charge in [-0.1, -0.05) is 50.1 Å². The molecular weight excluding hydrogens is 210 g/mol. The van der Waals surface area contributed by atoms with E-state index in [0.717, 1.165) is 6.04 Å². The van der Waals surface area contributed by atoms with E-state index in [2.05, 4.69) is 19.1 Å². The third-order valence-electron chi connectivity index (χ3n) is 2.54. The van der Waals surface area contributed by atoms with E-state index in [1.54, 1.807) is 0 Å². The minimum Gasteiger partial charge on any atom is -0.331 e. The molecule has 1 nitrogen and oxygen atoms in total. The molecular formula is C11H18ClNSi. The summed E-state index contributed by atoms with van der Waals surface area (Å²) >= 11 is 6.64. The zero-order valence-electron chi connectivity index (χ0n) is 8.67. The molecule has 1 unspecified atom stereocenters. The van der Waals surface area contributed by atoms with Crippen LogP contribution in [0, 0.1) is 0 Å². The van der Waals surface area contributed by atoms with E-state index in [9.17, 15) is 0 Å². The van der Waals surface area contributed by atoms with Crippen LogP contribution in [0.2, 0.25) is 6.04 Å². The van der Waals surface area contributed by atoms with E-state index < -0.39 is 7.38 Å². The fraction of sp³-hybridized carbons (Fsp3) is 0.455. The Hall–Kier alpha value is -0.313. The second kappa shape index (κ2) is 5.54. The van der Waals surface area contributed by atoms with E-state index in [1.807, 2.05) is 18.2 Å². The van der Waals surface area contributed by atoms with Gasteiger partial charge in [0.2, 0.25) is 0 Å². The molecule has 1 atom stereocenters. The van der Waals surface area contributed by atoms with Crippen LogP contribution in [-0.4, -0.2) is 13.6 Å². The molecule has 0 fully saturated rings. The molecule has 0 aliphatic heterocycles. The fourth-order valence-electron chi connectivity index (χ4n) is 1.56. The van der Waals surface area contributed by atoms with Gasteiger partial charge in [0.1, 0.15) is 0 Å². The molecule has 3 heteroatoms. The summed E-state index contributed by atoms with van der Waals surface area (Å²) < 4.78 is 0. The Balaban J connectivity index is 2.79. The number of benzene rings is 1. The first kappa shape index (κ1) is 11.8. The van der Waals surface area contributed by atoms with Crippen molar-refractivity contribution in [3.8, 4) is 0 Å². The number of halogens is 1. The van der Waals surface area contributed by atoms with Crippen LogP contribution in [0.15, 0.2) is 30.3 Å². The average molecular weight is 228 g/mol. The molecule has 0 aliphatic rings. The monoisotopic (exact) mass is 227 g/mol. The Labute approximate surface area is 92.0 Å². The van der Waals surface area contributed by atoms with Crippen molar-refractivity contribution in [1.29, 1.82) is 0 Å². The van der Waals surface area contributed by atoms with Crippen molar-refractivity contribution in [3.63, 3.8) is 0 Å². The maximum absolute atomic E-state index is 6.64. The zero-order chi connectivity index (χ0) is 10.4. The highest BCUT2D eigenvalue weighted by atomic mass is 35.6. The van der Waals surface area contributed by atoms with Gasteiger partial charge in [-0.25, -0.2) is 0 Å². The summed E-state index contributed by atoms with van der Waals surface area (Å²) in [6.45, 7) is 2.19. The lowest BCUT2D eigenvalue weighted by Crippen LogP contribution is -2.49. The van der Waals surface area contributed by atoms with Crippen LogP contribution in [0.25, 0.3) is 0 Å². The molecule has 0 amide bonds. The lowest BCUT2D eigenvalue weighted by Gasteiger charge is -2.22. The highest BCUT2D eigenvalue weighted by Gasteiger charge is 2.30. The minimum atomic E-state index is -1.87. The van der Waals surface area contributed by atoms with Crippen LogP contribution in [0.4, 0.5) is 0 Å². The number of hydrogen-bond donors (Lipinski definition) is 1. The van der Waals surface area contributed by atoms with E-state index >= 15 is 0 Å². The average Bonchev–Trinajstić information content (AvgIpc) is 2.27. The van der Waals surface area contributed by atoms with E-state index in [0.29, 0.717) is 6.17 Å². The normalized spacial score (nSPS) is 15.1. The third-order valence-corrected chi connectivity index (χ3v) is 7.39. The van der Waals surface area contributed by atoms with Crippen LogP contribution in [0.5, 0.6) is 0 Å². The van der Waals surface area contributed by atoms with Gasteiger partial charge < -0.3 is 5.73 Å². The van der Waals surface area contributed by atoms with Crippen LogP contribution >= 0.6 is 11.1 Å². The lowest BCUT2D eigenvalue weighted by atomic mass is 10.4. The number of hydrogen-bond acceptors (Lipinski definition) is 1. The predicted molar refractivity (Wildman–Crippen MR) is 66.5 cm³/mol. The highest BCUT2D eigenvalue weighted by Crippen LogP contribution is 2.17. The van der Waals surface area contributed by atoms with Crippen LogP contribution in [0.3, 0.4) is 0 Å². The molecule has 0 radical (unpaired) electrons. The predicted octanol–water partition coefficient (Wildman–Crippen LogP) is 2.38. The number of rotatable bonds is 5. The molecule has 0 saturated carbocycles. The van der Waals surface area contributed by atoms with Gasteiger partial charge in [-0.05, 0) is 11.2 Å². The fourth-order valence-corrected chi connectivity index (χ4v) is 4.77. The zero-order valence-corrected chi connectivity index (χ0v) is 10.4. The van der Waals surface area contributed by atoms with Crippen molar-refractivity contribution < 1.29 is 0 Å². The summed E-state index contributed by atoms with van der Waals surface area (Å²) in [6.07, 6.45) is 3.01. The van der Waals surface area contributed by atoms with Crippen molar-refractivity contribution >= 4 is 23.6 Å². The summed E-state index contributed by atoms with van der Waals surface area (Å²) in [6, 6.07) is 11.4. The van der Waals surface area contributed by atoms with Crippen molar-refractivity contribution in [2.45, 2.75) is 25.8 Å². The standard InChI is InChI=1S/C11H18ClNSi/c1-2-3-9-14(12,10-13)11-7-5-4-6-8-11/h4-8H,2-3,9-10,13H2,1H3. The molecule has 0 heterocycles. The maximum atomic E-state index is 6.64. The van der Waals surface area contributed by atoms with Crippen molar-refractivity contribution in [2.75, 3.05) is 6.17 Å². The second-order valence-corrected chi connectivity index (χ2v) is 9.23. The number of nitrogens with two attached hydrogens (primary N) is 1. The molecule has 0 bridgehead atoms. The molecule has 0 spiro atoms. The Morgan fingerprint density at radius 1 is 1.29 bits per heavy atom. The Kier molecular flexibility index (Phi) is 4.65. The molecule has 1 aromatic carbocycles. The highest BCUT2D eigenvalue weighted by molar-refractivity contribution is 7.27. The smallest absolute Gasteiger partial charge is 0.200 e. The number of unbranched alkanes of at least 4 members (excludes halogenated alkanes) is 1. The molecule has 0 aromatic heterocycles. The summed E-state index contributed by atoms with van der Waals surface area (Å²) in [4.78, 5) is 0. The minimum absolute atomic E-state index is 0.637. The second-order valence-electron chi connectivity index (χ2n) is 3.64. The first-order valence-corrected chi connectivity index (χ1v) is 8.60. The van der Waals surface area contributed by atoms with Crippen LogP contribution in [0.1, 0.15) is 19.8 Å². The van der Waals surface area contributed by atoms with E-state index in [1.165, 1.54) is 18.0 Å². The van der Waals surface area contributed by atoms with Crippen molar-refractivity contribution in [2.24, 2.45) is 5.73 Å². The van der Waals surface area contributed by atoms with Crippen molar-refractivity contribution in [1.82, 2.24) is 0 Å². The largest absolute Gasteiger partial charge is 0.331 e. The lowest BCUT2D eigenvalue weighted by molar-refractivity contribution is 0.871. The Morgan fingerprint density at radius 3 is 2.43 bits per heavy atom. The van der Waals surface area contributed by atoms with Gasteiger partial charge in [0, 0.05) is 6.17 Å². The van der Waals surface area contributed by atoms with Gasteiger partial charge in [-0.15, -0.1) is 0 Å². The van der Waals surface area contributed by atoms with E-state index in [-0.39, 0.29) is 0 Å². The van der Waals surface area contributed by atoms with Crippen molar-refractivity contribution in [3.05, 3.63) is 30.3 Å². The first-order chi connectivity index (χ1) is 6.73. The summed E-state index contributed by atoms with van der Waals surface area (Å²) in [5, 5.41) is 1.28. The molecule has 14 heavy (non-hydrogen) atoms. The quantitative estimate of drug-likeness (QED) is 0.607. The van der Waals surface area contributed by atoms with Gasteiger partial charge in [-0.3, -0.25) is 0 Å². The van der Waals surface area contributed by atoms with Gasteiger partial charge in [0.25, 0.3) is 0 Å². The summed E-state index contributed by atoms with van der Waals surface area (Å²) in [5.41, 5.74) is 5.81. The topological polar surface area (TPSA) is 26.0 Å². The SMILES string of the molecule is CCCC[Si](Cl)(CN)c1ccccc1. The molecule has 78 valence electrons. The van der Waals surface area contributed by atoms with Crippen LogP contribution in [-0.2, 0) is 0 Å². The molecule has 0 aliphatic carbocycles. The molecule has 0 saturated heterocycles. The Bertz CT molecular complexity index is 265. The van der Waals surface area contributed by atoms with Gasteiger partial charge in [-0.2, -0.15) is 11.1 Å². The molecule has 1 rings (SSSR count). The molecule has 2 N–H and O–H groups in total. The van der Waals surface area contributed by atoms with E-state index in [4.69, 9.17) is 16.8 Å². The summed E-state index contributed by atoms with van der Waals surface area (Å²) in [5.74, 6) is 0. The van der Waals surface area contributed by atoms with Gasteiger partial charge >= 0.3 is 0 Å². The maximum Gasteiger partial charge on any atom is 0.200 e.